The third-order valence-electron chi connectivity index (χ3n) is 5.25. The minimum Gasteiger partial charge on any atom is -0.497 e. The summed E-state index contributed by atoms with van der Waals surface area (Å²) in [5.74, 6) is 0.588. The standard InChI is InChI=1S/C22H18F3N3O3/c1-26-17-12-28(15-6-4-5-14(11-15)22(23,24)25)19(13-7-9-16(31-3)10-8-13)18(17)20(29)27(2)21(26)30/h4-12H,1-3H3. The van der Waals surface area contributed by atoms with Crippen LogP contribution in [-0.2, 0) is 20.3 Å². The average molecular weight is 429 g/mol. The van der Waals surface area contributed by atoms with Crippen LogP contribution in [0.3, 0.4) is 0 Å². The van der Waals surface area contributed by atoms with Crippen LogP contribution < -0.4 is 16.0 Å². The van der Waals surface area contributed by atoms with Crippen LogP contribution in [0.2, 0.25) is 0 Å². The summed E-state index contributed by atoms with van der Waals surface area (Å²) in [4.78, 5) is 25.4. The zero-order chi connectivity index (χ0) is 22.5. The lowest BCUT2D eigenvalue weighted by Crippen LogP contribution is -2.36. The van der Waals surface area contributed by atoms with Gasteiger partial charge in [0.05, 0.1) is 29.3 Å². The third kappa shape index (κ3) is 3.31. The summed E-state index contributed by atoms with van der Waals surface area (Å²) >= 11 is 0. The van der Waals surface area contributed by atoms with Gasteiger partial charge in [-0.15, -0.1) is 0 Å². The second-order valence-electron chi connectivity index (χ2n) is 7.09. The maximum absolute atomic E-state index is 13.3. The van der Waals surface area contributed by atoms with E-state index in [1.54, 1.807) is 24.3 Å². The van der Waals surface area contributed by atoms with Gasteiger partial charge in [-0.2, -0.15) is 13.2 Å². The van der Waals surface area contributed by atoms with E-state index in [0.29, 0.717) is 22.5 Å². The molecule has 4 aromatic rings. The topological polar surface area (TPSA) is 58.2 Å². The Morgan fingerprint density at radius 1 is 0.935 bits per heavy atom. The van der Waals surface area contributed by atoms with Crippen LogP contribution in [-0.4, -0.2) is 20.8 Å². The number of benzene rings is 2. The van der Waals surface area contributed by atoms with E-state index in [1.807, 2.05) is 0 Å². The van der Waals surface area contributed by atoms with E-state index >= 15 is 0 Å². The van der Waals surface area contributed by atoms with Gasteiger partial charge in [0, 0.05) is 26.0 Å². The first kappa shape index (κ1) is 20.5. The lowest BCUT2D eigenvalue weighted by atomic mass is 10.1. The van der Waals surface area contributed by atoms with Crippen molar-refractivity contribution in [2.75, 3.05) is 7.11 Å². The highest BCUT2D eigenvalue weighted by Gasteiger charge is 2.31. The highest BCUT2D eigenvalue weighted by Crippen LogP contribution is 2.34. The van der Waals surface area contributed by atoms with Crippen molar-refractivity contribution in [1.29, 1.82) is 0 Å². The molecule has 6 nitrogen and oxygen atoms in total. The van der Waals surface area contributed by atoms with E-state index in [1.165, 1.54) is 48.7 Å². The molecule has 9 heteroatoms. The minimum atomic E-state index is -4.52. The zero-order valence-electron chi connectivity index (χ0n) is 16.9. The number of aromatic nitrogens is 3. The molecule has 0 radical (unpaired) electrons. The van der Waals surface area contributed by atoms with Crippen molar-refractivity contribution in [1.82, 2.24) is 13.7 Å². The maximum atomic E-state index is 13.3. The summed E-state index contributed by atoms with van der Waals surface area (Å²) in [6, 6.07) is 11.6. The highest BCUT2D eigenvalue weighted by atomic mass is 19.4. The largest absolute Gasteiger partial charge is 0.497 e. The zero-order valence-corrected chi connectivity index (χ0v) is 16.9. The van der Waals surface area contributed by atoms with Crippen molar-refractivity contribution < 1.29 is 17.9 Å². The molecule has 160 valence electrons. The van der Waals surface area contributed by atoms with Gasteiger partial charge in [-0.05, 0) is 48.0 Å². The number of aryl methyl sites for hydroxylation is 1. The molecule has 0 bridgehead atoms. The van der Waals surface area contributed by atoms with Gasteiger partial charge in [0.15, 0.2) is 0 Å². The van der Waals surface area contributed by atoms with Crippen LogP contribution in [0.5, 0.6) is 5.75 Å². The number of alkyl halides is 3. The third-order valence-corrected chi connectivity index (χ3v) is 5.25. The molecule has 0 aliphatic carbocycles. The summed E-state index contributed by atoms with van der Waals surface area (Å²) in [6.07, 6.45) is -3.01. The van der Waals surface area contributed by atoms with E-state index in [4.69, 9.17) is 4.74 Å². The molecule has 0 spiro atoms. The Balaban J connectivity index is 2.13. The summed E-state index contributed by atoms with van der Waals surface area (Å²) in [6.45, 7) is 0. The Hall–Kier alpha value is -3.75. The van der Waals surface area contributed by atoms with E-state index in [2.05, 4.69) is 0 Å². The molecule has 2 aromatic carbocycles. The summed E-state index contributed by atoms with van der Waals surface area (Å²) in [7, 11) is 4.39. The summed E-state index contributed by atoms with van der Waals surface area (Å²) in [5.41, 5.74) is -0.375. The quantitative estimate of drug-likeness (QED) is 0.499. The molecule has 0 aliphatic heterocycles. The molecule has 0 saturated heterocycles. The fourth-order valence-electron chi connectivity index (χ4n) is 3.61. The number of nitrogens with zero attached hydrogens (tertiary/aromatic N) is 3. The number of rotatable bonds is 3. The number of ether oxygens (including phenoxy) is 1. The van der Waals surface area contributed by atoms with E-state index in [-0.39, 0.29) is 11.1 Å². The first-order chi connectivity index (χ1) is 14.6. The number of fused-ring (bicyclic) bond motifs is 1. The van der Waals surface area contributed by atoms with Gasteiger partial charge in [0.2, 0.25) is 0 Å². The maximum Gasteiger partial charge on any atom is 0.416 e. The average Bonchev–Trinajstić information content (AvgIpc) is 3.16. The SMILES string of the molecule is COc1ccc(-c2c3c(=O)n(C)c(=O)n(C)c3cn2-c2cccc(C(F)(F)F)c2)cc1. The van der Waals surface area contributed by atoms with Crippen molar-refractivity contribution in [3.63, 3.8) is 0 Å². The van der Waals surface area contributed by atoms with Gasteiger partial charge < -0.3 is 9.30 Å². The molecule has 2 aromatic heterocycles. The monoisotopic (exact) mass is 429 g/mol. The first-order valence-corrected chi connectivity index (χ1v) is 9.26. The van der Waals surface area contributed by atoms with Crippen LogP contribution in [0, 0.1) is 0 Å². The fraction of sp³-hybridized carbons (Fsp3) is 0.182. The number of hydrogen-bond acceptors (Lipinski definition) is 3. The number of hydrogen-bond donors (Lipinski definition) is 0. The second kappa shape index (κ2) is 7.19. The molecule has 0 saturated carbocycles. The molecular formula is C22H18F3N3O3. The summed E-state index contributed by atoms with van der Waals surface area (Å²) in [5, 5.41) is 0.229. The van der Waals surface area contributed by atoms with Crippen LogP contribution in [0.15, 0.2) is 64.3 Å². The Bertz CT molecular complexity index is 1410. The molecule has 0 amide bonds. The second-order valence-corrected chi connectivity index (χ2v) is 7.09. The van der Waals surface area contributed by atoms with Crippen molar-refractivity contribution in [3.05, 3.63) is 81.1 Å². The molecule has 0 atom stereocenters. The highest BCUT2D eigenvalue weighted by molar-refractivity contribution is 5.94. The predicted octanol–water partition coefficient (Wildman–Crippen LogP) is 3.72. The predicted molar refractivity (Wildman–Crippen MR) is 111 cm³/mol. The molecular weight excluding hydrogens is 411 g/mol. The molecule has 0 aliphatic rings. The lowest BCUT2D eigenvalue weighted by Gasteiger charge is -2.13. The normalized spacial score (nSPS) is 11.8. The molecule has 0 unspecified atom stereocenters. The Kier molecular flexibility index (Phi) is 4.76. The summed E-state index contributed by atoms with van der Waals surface area (Å²) < 4.78 is 48.9. The smallest absolute Gasteiger partial charge is 0.416 e. The van der Waals surface area contributed by atoms with E-state index in [9.17, 15) is 22.8 Å². The lowest BCUT2D eigenvalue weighted by molar-refractivity contribution is -0.137. The van der Waals surface area contributed by atoms with Crippen molar-refractivity contribution in [2.45, 2.75) is 6.18 Å². The van der Waals surface area contributed by atoms with Crippen molar-refractivity contribution in [3.8, 4) is 22.7 Å². The molecule has 0 fully saturated rings. The van der Waals surface area contributed by atoms with Crippen LogP contribution in [0.1, 0.15) is 5.56 Å². The number of halogens is 3. The van der Waals surface area contributed by atoms with Crippen LogP contribution in [0.4, 0.5) is 13.2 Å². The fourth-order valence-corrected chi connectivity index (χ4v) is 3.61. The Labute approximate surface area is 174 Å². The first-order valence-electron chi connectivity index (χ1n) is 9.26. The van der Waals surface area contributed by atoms with Crippen molar-refractivity contribution >= 4 is 10.9 Å². The minimum absolute atomic E-state index is 0.214. The van der Waals surface area contributed by atoms with Gasteiger partial charge in [-0.3, -0.25) is 13.9 Å². The van der Waals surface area contributed by atoms with Gasteiger partial charge >= 0.3 is 11.9 Å². The molecule has 0 N–H and O–H groups in total. The van der Waals surface area contributed by atoms with Crippen molar-refractivity contribution in [2.24, 2.45) is 14.1 Å². The van der Waals surface area contributed by atoms with Gasteiger partial charge in [0.25, 0.3) is 5.56 Å². The molecule has 2 heterocycles. The van der Waals surface area contributed by atoms with E-state index < -0.39 is 23.0 Å². The van der Waals surface area contributed by atoms with Crippen LogP contribution >= 0.6 is 0 Å². The van der Waals surface area contributed by atoms with Gasteiger partial charge in [-0.1, -0.05) is 6.07 Å². The Morgan fingerprint density at radius 3 is 2.23 bits per heavy atom. The molecule has 31 heavy (non-hydrogen) atoms. The van der Waals surface area contributed by atoms with Gasteiger partial charge in [0.1, 0.15) is 5.75 Å². The van der Waals surface area contributed by atoms with E-state index in [0.717, 1.165) is 16.7 Å². The van der Waals surface area contributed by atoms with Gasteiger partial charge in [-0.25, -0.2) is 4.79 Å². The molecule has 4 rings (SSSR count). The Morgan fingerprint density at radius 2 is 1.61 bits per heavy atom. The van der Waals surface area contributed by atoms with Crippen LogP contribution in [0.25, 0.3) is 27.8 Å². The number of methoxy groups -OCH3 is 1.